The first-order valence-corrected chi connectivity index (χ1v) is 7.47. The molecule has 1 aliphatic heterocycles. The van der Waals surface area contributed by atoms with Crippen LogP contribution in [0.5, 0.6) is 11.5 Å². The maximum atomic E-state index is 11.9. The van der Waals surface area contributed by atoms with E-state index in [0.717, 1.165) is 22.7 Å². The van der Waals surface area contributed by atoms with Crippen LogP contribution in [0.3, 0.4) is 0 Å². The van der Waals surface area contributed by atoms with Crippen molar-refractivity contribution in [3.63, 3.8) is 0 Å². The highest BCUT2D eigenvalue weighted by atomic mass is 32.1. The lowest BCUT2D eigenvalue weighted by atomic mass is 10.2. The summed E-state index contributed by atoms with van der Waals surface area (Å²) in [6.45, 7) is 2.68. The molecule has 1 unspecified atom stereocenters. The fraction of sp³-hybridized carbons (Fsp3) is 0.235. The summed E-state index contributed by atoms with van der Waals surface area (Å²) in [4.78, 5) is 13.6. The Balaban J connectivity index is 1.76. The number of thiol groups is 1. The second kappa shape index (κ2) is 5.82. The molecule has 108 valence electrons. The molecule has 0 radical (unpaired) electrons. The topological polar surface area (TPSA) is 29.5 Å². The smallest absolute Gasteiger partial charge is 0.228 e. The van der Waals surface area contributed by atoms with Gasteiger partial charge in [0.2, 0.25) is 5.91 Å². The number of aryl methyl sites for hydroxylation is 1. The Kier molecular flexibility index (Phi) is 3.88. The molecule has 3 rings (SSSR count). The Morgan fingerprint density at radius 3 is 2.48 bits per heavy atom. The van der Waals surface area contributed by atoms with Gasteiger partial charge >= 0.3 is 0 Å². The Labute approximate surface area is 129 Å². The normalized spacial score (nSPS) is 18.1. The average molecular weight is 299 g/mol. The third-order valence-electron chi connectivity index (χ3n) is 3.57. The number of hydrogen-bond acceptors (Lipinski definition) is 3. The van der Waals surface area contributed by atoms with Gasteiger partial charge < -0.3 is 9.64 Å². The minimum absolute atomic E-state index is 0.125. The van der Waals surface area contributed by atoms with Crippen LogP contribution in [-0.2, 0) is 4.79 Å². The number of hydrogen-bond donors (Lipinski definition) is 1. The molecular formula is C17H17NO2S. The molecular weight excluding hydrogens is 282 g/mol. The van der Waals surface area contributed by atoms with Gasteiger partial charge in [-0.25, -0.2) is 0 Å². The number of rotatable bonds is 3. The third kappa shape index (κ3) is 3.05. The lowest BCUT2D eigenvalue weighted by Gasteiger charge is -2.16. The van der Waals surface area contributed by atoms with Gasteiger partial charge in [-0.15, -0.1) is 0 Å². The molecule has 1 heterocycles. The molecule has 0 spiro atoms. The highest BCUT2D eigenvalue weighted by Gasteiger charge is 2.28. The Hall–Kier alpha value is -1.94. The van der Waals surface area contributed by atoms with Crippen molar-refractivity contribution < 1.29 is 9.53 Å². The molecule has 3 nitrogen and oxygen atoms in total. The maximum absolute atomic E-state index is 11.9. The van der Waals surface area contributed by atoms with E-state index in [-0.39, 0.29) is 11.2 Å². The van der Waals surface area contributed by atoms with Crippen molar-refractivity contribution in [2.24, 2.45) is 0 Å². The number of anilines is 1. The first-order valence-electron chi connectivity index (χ1n) is 6.95. The summed E-state index contributed by atoms with van der Waals surface area (Å²) in [5, 5.41) is 0.125. The number of carbonyl (C=O) groups is 1. The molecule has 0 saturated carbocycles. The van der Waals surface area contributed by atoms with Crippen LogP contribution in [0.4, 0.5) is 5.69 Å². The van der Waals surface area contributed by atoms with Crippen molar-refractivity contribution in [2.75, 3.05) is 11.4 Å². The van der Waals surface area contributed by atoms with E-state index in [1.807, 2.05) is 55.5 Å². The Morgan fingerprint density at radius 1 is 1.14 bits per heavy atom. The lowest BCUT2D eigenvalue weighted by Crippen LogP contribution is -2.24. The molecule has 1 aliphatic rings. The zero-order valence-corrected chi connectivity index (χ0v) is 12.7. The minimum atomic E-state index is 0.125. The first-order chi connectivity index (χ1) is 10.1. The third-order valence-corrected chi connectivity index (χ3v) is 3.92. The molecule has 0 N–H and O–H groups in total. The molecule has 1 saturated heterocycles. The molecule has 2 aromatic rings. The molecule has 0 aliphatic carbocycles. The Morgan fingerprint density at radius 2 is 1.86 bits per heavy atom. The largest absolute Gasteiger partial charge is 0.457 e. The maximum Gasteiger partial charge on any atom is 0.228 e. The van der Waals surface area contributed by atoms with Crippen LogP contribution in [0.15, 0.2) is 48.5 Å². The van der Waals surface area contributed by atoms with Crippen LogP contribution in [0.25, 0.3) is 0 Å². The summed E-state index contributed by atoms with van der Waals surface area (Å²) in [6.07, 6.45) is 0.505. The molecule has 21 heavy (non-hydrogen) atoms. The number of ether oxygens (including phenoxy) is 1. The van der Waals surface area contributed by atoms with Crippen LogP contribution in [-0.4, -0.2) is 17.7 Å². The van der Waals surface area contributed by atoms with E-state index in [2.05, 4.69) is 12.6 Å². The van der Waals surface area contributed by atoms with E-state index in [1.165, 1.54) is 0 Å². The van der Waals surface area contributed by atoms with E-state index in [0.29, 0.717) is 13.0 Å². The zero-order valence-electron chi connectivity index (χ0n) is 11.8. The molecule has 1 atom stereocenters. The number of para-hydroxylation sites is 1. The molecule has 1 amide bonds. The SMILES string of the molecule is Cc1ccccc1Oc1ccc(N2CC(S)CC2=O)cc1. The number of benzene rings is 2. The van der Waals surface area contributed by atoms with Gasteiger partial charge in [-0.05, 0) is 42.8 Å². The highest BCUT2D eigenvalue weighted by Crippen LogP contribution is 2.29. The molecule has 0 bridgehead atoms. The van der Waals surface area contributed by atoms with E-state index >= 15 is 0 Å². The Bertz CT molecular complexity index is 654. The summed E-state index contributed by atoms with van der Waals surface area (Å²) < 4.78 is 5.86. The van der Waals surface area contributed by atoms with E-state index in [9.17, 15) is 4.79 Å². The summed E-state index contributed by atoms with van der Waals surface area (Å²) in [5.41, 5.74) is 1.99. The van der Waals surface area contributed by atoms with Crippen molar-refractivity contribution >= 4 is 24.2 Å². The highest BCUT2D eigenvalue weighted by molar-refractivity contribution is 7.81. The zero-order chi connectivity index (χ0) is 14.8. The van der Waals surface area contributed by atoms with E-state index in [1.54, 1.807) is 4.90 Å². The van der Waals surface area contributed by atoms with Gasteiger partial charge in [0, 0.05) is 23.9 Å². The quantitative estimate of drug-likeness (QED) is 0.873. The standard InChI is InChI=1S/C17H17NO2S/c1-12-4-2-3-5-16(12)20-14-8-6-13(7-9-14)18-11-15(21)10-17(18)19/h2-9,15,21H,10-11H2,1H3. The minimum Gasteiger partial charge on any atom is -0.457 e. The average Bonchev–Trinajstić information content (AvgIpc) is 2.81. The van der Waals surface area contributed by atoms with Crippen LogP contribution in [0.2, 0.25) is 0 Å². The number of nitrogens with zero attached hydrogens (tertiary/aromatic N) is 1. The van der Waals surface area contributed by atoms with Gasteiger partial charge in [0.15, 0.2) is 0 Å². The van der Waals surface area contributed by atoms with Crippen LogP contribution in [0, 0.1) is 6.92 Å². The van der Waals surface area contributed by atoms with E-state index < -0.39 is 0 Å². The van der Waals surface area contributed by atoms with Gasteiger partial charge in [-0.1, -0.05) is 18.2 Å². The molecule has 1 fully saturated rings. The van der Waals surface area contributed by atoms with Crippen molar-refractivity contribution in [1.29, 1.82) is 0 Å². The van der Waals surface area contributed by atoms with Crippen molar-refractivity contribution in [1.82, 2.24) is 0 Å². The first kappa shape index (κ1) is 14.0. The van der Waals surface area contributed by atoms with Gasteiger partial charge in [0.1, 0.15) is 11.5 Å². The second-order valence-electron chi connectivity index (χ2n) is 5.22. The molecule has 2 aromatic carbocycles. The summed E-state index contributed by atoms with van der Waals surface area (Å²) in [7, 11) is 0. The summed E-state index contributed by atoms with van der Waals surface area (Å²) in [6, 6.07) is 15.5. The predicted molar refractivity (Wildman–Crippen MR) is 87.4 cm³/mol. The van der Waals surface area contributed by atoms with Gasteiger partial charge in [-0.3, -0.25) is 4.79 Å². The summed E-state index contributed by atoms with van der Waals surface area (Å²) in [5.74, 6) is 1.74. The predicted octanol–water partition coefficient (Wildman–Crippen LogP) is 3.82. The fourth-order valence-corrected chi connectivity index (χ4v) is 2.75. The molecule has 0 aromatic heterocycles. The van der Waals surface area contributed by atoms with Crippen LogP contribution in [0.1, 0.15) is 12.0 Å². The van der Waals surface area contributed by atoms with Crippen LogP contribution < -0.4 is 9.64 Å². The van der Waals surface area contributed by atoms with Crippen molar-refractivity contribution in [2.45, 2.75) is 18.6 Å². The van der Waals surface area contributed by atoms with Crippen molar-refractivity contribution in [3.05, 3.63) is 54.1 Å². The van der Waals surface area contributed by atoms with E-state index in [4.69, 9.17) is 4.74 Å². The lowest BCUT2D eigenvalue weighted by molar-refractivity contribution is -0.117. The number of amides is 1. The fourth-order valence-electron chi connectivity index (χ4n) is 2.43. The van der Waals surface area contributed by atoms with Gasteiger partial charge in [-0.2, -0.15) is 12.6 Å². The van der Waals surface area contributed by atoms with Crippen LogP contribution >= 0.6 is 12.6 Å². The second-order valence-corrected chi connectivity index (χ2v) is 5.95. The van der Waals surface area contributed by atoms with Gasteiger partial charge in [0.25, 0.3) is 0 Å². The number of carbonyl (C=O) groups excluding carboxylic acids is 1. The monoisotopic (exact) mass is 299 g/mol. The van der Waals surface area contributed by atoms with Gasteiger partial charge in [0.05, 0.1) is 0 Å². The molecule has 4 heteroatoms. The van der Waals surface area contributed by atoms with Crippen molar-refractivity contribution in [3.8, 4) is 11.5 Å². The summed E-state index contributed by atoms with van der Waals surface area (Å²) >= 11 is 4.37.